The number of hydrogen-bond donors (Lipinski definition) is 0. The smallest absolute Gasteiger partial charge is 0.256 e. The zero-order valence-electron chi connectivity index (χ0n) is 10.8. The Morgan fingerprint density at radius 2 is 1.89 bits per heavy atom. The van der Waals surface area contributed by atoms with E-state index in [9.17, 15) is 4.79 Å². The van der Waals surface area contributed by atoms with E-state index in [2.05, 4.69) is 0 Å². The molecule has 0 N–H and O–H groups in total. The molecule has 1 aliphatic carbocycles. The number of amides is 1. The van der Waals surface area contributed by atoms with Gasteiger partial charge in [-0.25, -0.2) is 0 Å². The molecule has 0 radical (unpaired) electrons. The van der Waals surface area contributed by atoms with Crippen LogP contribution in [0.2, 0.25) is 0 Å². The van der Waals surface area contributed by atoms with Crippen molar-refractivity contribution in [2.75, 3.05) is 7.11 Å². The quantitative estimate of drug-likeness (QED) is 0.801. The SMILES string of the molecule is CO[C@H]1c2ccccc2C(=O)N1C1CCCCC1. The van der Waals surface area contributed by atoms with Crippen LogP contribution in [0.3, 0.4) is 0 Å². The largest absolute Gasteiger partial charge is 0.357 e. The fraction of sp³-hybridized carbons (Fsp3) is 0.533. The van der Waals surface area contributed by atoms with Gasteiger partial charge >= 0.3 is 0 Å². The highest BCUT2D eigenvalue weighted by Crippen LogP contribution is 2.38. The number of benzene rings is 1. The first-order valence-corrected chi connectivity index (χ1v) is 6.77. The van der Waals surface area contributed by atoms with Crippen molar-refractivity contribution in [1.29, 1.82) is 0 Å². The lowest BCUT2D eigenvalue weighted by Crippen LogP contribution is -2.40. The Morgan fingerprint density at radius 3 is 2.61 bits per heavy atom. The molecule has 1 amide bonds. The summed E-state index contributed by atoms with van der Waals surface area (Å²) >= 11 is 0. The average Bonchev–Trinajstić information content (AvgIpc) is 2.73. The maximum absolute atomic E-state index is 12.5. The summed E-state index contributed by atoms with van der Waals surface area (Å²) in [6.07, 6.45) is 5.78. The van der Waals surface area contributed by atoms with Crippen molar-refractivity contribution in [3.05, 3.63) is 35.4 Å². The van der Waals surface area contributed by atoms with E-state index in [0.717, 1.165) is 24.0 Å². The predicted octanol–water partition coefficient (Wildman–Crippen LogP) is 3.12. The highest BCUT2D eigenvalue weighted by Gasteiger charge is 2.40. The summed E-state index contributed by atoms with van der Waals surface area (Å²) < 4.78 is 5.58. The molecular weight excluding hydrogens is 226 g/mol. The van der Waals surface area contributed by atoms with E-state index >= 15 is 0 Å². The summed E-state index contributed by atoms with van der Waals surface area (Å²) in [6.45, 7) is 0. The fourth-order valence-corrected chi connectivity index (χ4v) is 3.26. The second-order valence-corrected chi connectivity index (χ2v) is 5.18. The molecule has 3 heteroatoms. The van der Waals surface area contributed by atoms with Gasteiger partial charge in [-0.05, 0) is 18.9 Å². The van der Waals surface area contributed by atoms with E-state index in [1.807, 2.05) is 29.2 Å². The molecule has 1 aliphatic heterocycles. The minimum atomic E-state index is -0.184. The molecule has 0 saturated heterocycles. The maximum atomic E-state index is 12.5. The summed E-state index contributed by atoms with van der Waals surface area (Å²) in [5.74, 6) is 0.143. The van der Waals surface area contributed by atoms with E-state index in [1.54, 1.807) is 7.11 Å². The zero-order chi connectivity index (χ0) is 12.5. The van der Waals surface area contributed by atoms with Crippen molar-refractivity contribution < 1.29 is 9.53 Å². The summed E-state index contributed by atoms with van der Waals surface area (Å²) in [4.78, 5) is 14.5. The lowest BCUT2D eigenvalue weighted by atomic mass is 9.94. The van der Waals surface area contributed by atoms with Crippen LogP contribution in [0.4, 0.5) is 0 Å². The Labute approximate surface area is 108 Å². The molecule has 1 atom stereocenters. The molecule has 0 bridgehead atoms. The molecule has 0 unspecified atom stereocenters. The van der Waals surface area contributed by atoms with Crippen molar-refractivity contribution in [3.63, 3.8) is 0 Å². The molecule has 1 heterocycles. The minimum Gasteiger partial charge on any atom is -0.357 e. The van der Waals surface area contributed by atoms with Crippen molar-refractivity contribution >= 4 is 5.91 Å². The third kappa shape index (κ3) is 1.74. The van der Waals surface area contributed by atoms with Crippen LogP contribution < -0.4 is 0 Å². The predicted molar refractivity (Wildman–Crippen MR) is 69.2 cm³/mol. The fourth-order valence-electron chi connectivity index (χ4n) is 3.26. The first-order chi connectivity index (χ1) is 8.83. The Bertz CT molecular complexity index is 452. The van der Waals surface area contributed by atoms with Gasteiger partial charge in [0, 0.05) is 24.3 Å². The van der Waals surface area contributed by atoms with Crippen LogP contribution in [-0.4, -0.2) is 24.0 Å². The van der Waals surface area contributed by atoms with E-state index in [1.165, 1.54) is 19.3 Å². The monoisotopic (exact) mass is 245 g/mol. The lowest BCUT2D eigenvalue weighted by Gasteiger charge is -2.35. The van der Waals surface area contributed by atoms with E-state index < -0.39 is 0 Å². The van der Waals surface area contributed by atoms with Gasteiger partial charge in [0.05, 0.1) is 0 Å². The molecule has 1 fully saturated rings. The Balaban J connectivity index is 1.94. The maximum Gasteiger partial charge on any atom is 0.256 e. The first kappa shape index (κ1) is 11.7. The van der Waals surface area contributed by atoms with Crippen molar-refractivity contribution in [2.24, 2.45) is 0 Å². The lowest BCUT2D eigenvalue weighted by molar-refractivity contribution is -0.0375. The summed E-state index contributed by atoms with van der Waals surface area (Å²) in [5.41, 5.74) is 1.84. The van der Waals surface area contributed by atoms with E-state index in [4.69, 9.17) is 4.74 Å². The van der Waals surface area contributed by atoms with Crippen LogP contribution in [0.25, 0.3) is 0 Å². The molecule has 0 spiro atoms. The van der Waals surface area contributed by atoms with Gasteiger partial charge in [0.2, 0.25) is 0 Å². The Kier molecular flexibility index (Phi) is 3.08. The molecule has 1 aromatic carbocycles. The van der Waals surface area contributed by atoms with Crippen LogP contribution in [0.5, 0.6) is 0 Å². The minimum absolute atomic E-state index is 0.143. The molecule has 2 aliphatic rings. The summed E-state index contributed by atoms with van der Waals surface area (Å²) in [5, 5.41) is 0. The van der Waals surface area contributed by atoms with Gasteiger partial charge in [-0.15, -0.1) is 0 Å². The molecule has 1 saturated carbocycles. The van der Waals surface area contributed by atoms with Crippen LogP contribution in [0.15, 0.2) is 24.3 Å². The number of fused-ring (bicyclic) bond motifs is 1. The van der Waals surface area contributed by atoms with Crippen molar-refractivity contribution in [2.45, 2.75) is 44.4 Å². The van der Waals surface area contributed by atoms with Crippen LogP contribution in [0, 0.1) is 0 Å². The van der Waals surface area contributed by atoms with Gasteiger partial charge in [-0.1, -0.05) is 37.5 Å². The van der Waals surface area contributed by atoms with Gasteiger partial charge in [-0.2, -0.15) is 0 Å². The van der Waals surface area contributed by atoms with Gasteiger partial charge < -0.3 is 9.64 Å². The van der Waals surface area contributed by atoms with Crippen LogP contribution in [0.1, 0.15) is 54.3 Å². The number of rotatable bonds is 2. The van der Waals surface area contributed by atoms with Crippen molar-refractivity contribution in [3.8, 4) is 0 Å². The van der Waals surface area contributed by atoms with Gasteiger partial charge in [0.1, 0.15) is 0 Å². The summed E-state index contributed by atoms with van der Waals surface area (Å²) in [6, 6.07) is 8.16. The molecule has 96 valence electrons. The van der Waals surface area contributed by atoms with Crippen molar-refractivity contribution in [1.82, 2.24) is 4.90 Å². The zero-order valence-corrected chi connectivity index (χ0v) is 10.8. The molecule has 18 heavy (non-hydrogen) atoms. The standard InChI is InChI=1S/C15H19NO2/c1-18-15-13-10-6-5-9-12(13)14(17)16(15)11-7-3-2-4-8-11/h5-6,9-11,15H,2-4,7-8H2,1H3/t15-/m0/s1. The highest BCUT2D eigenvalue weighted by atomic mass is 16.5. The second kappa shape index (κ2) is 4.73. The normalized spacial score (nSPS) is 24.4. The molecule has 3 nitrogen and oxygen atoms in total. The first-order valence-electron chi connectivity index (χ1n) is 6.77. The third-order valence-corrected chi connectivity index (χ3v) is 4.14. The Hall–Kier alpha value is -1.35. The van der Waals surface area contributed by atoms with Gasteiger partial charge in [0.25, 0.3) is 5.91 Å². The number of ether oxygens (including phenoxy) is 1. The topological polar surface area (TPSA) is 29.5 Å². The number of methoxy groups -OCH3 is 1. The van der Waals surface area contributed by atoms with Crippen LogP contribution in [-0.2, 0) is 4.74 Å². The number of carbonyl (C=O) groups is 1. The number of carbonyl (C=O) groups excluding carboxylic acids is 1. The van der Waals surface area contributed by atoms with Crippen LogP contribution >= 0.6 is 0 Å². The van der Waals surface area contributed by atoms with Gasteiger partial charge in [-0.3, -0.25) is 4.79 Å². The highest BCUT2D eigenvalue weighted by molar-refractivity contribution is 5.99. The average molecular weight is 245 g/mol. The van der Waals surface area contributed by atoms with Gasteiger partial charge in [0.15, 0.2) is 6.23 Å². The molecular formula is C15H19NO2. The molecule has 3 rings (SSSR count). The van der Waals surface area contributed by atoms with E-state index in [0.29, 0.717) is 6.04 Å². The third-order valence-electron chi connectivity index (χ3n) is 4.14. The second-order valence-electron chi connectivity index (χ2n) is 5.18. The number of nitrogens with zero attached hydrogens (tertiary/aromatic N) is 1. The summed E-state index contributed by atoms with van der Waals surface area (Å²) in [7, 11) is 1.69. The molecule has 0 aromatic heterocycles. The Morgan fingerprint density at radius 1 is 1.17 bits per heavy atom. The number of hydrogen-bond acceptors (Lipinski definition) is 2. The molecule has 1 aromatic rings. The van der Waals surface area contributed by atoms with E-state index in [-0.39, 0.29) is 12.1 Å².